The molecular weight excluding hydrogens is 498 g/mol. The van der Waals surface area contributed by atoms with Crippen LogP contribution in [0.3, 0.4) is 0 Å². The van der Waals surface area contributed by atoms with E-state index in [1.165, 1.54) is 18.4 Å². The van der Waals surface area contributed by atoms with Gasteiger partial charge >= 0.3 is 0 Å². The zero-order valence-electron chi connectivity index (χ0n) is 21.1. The molecule has 0 spiro atoms. The molecule has 3 heterocycles. The molecule has 196 valence electrons. The van der Waals surface area contributed by atoms with E-state index in [9.17, 15) is 13.5 Å². The number of nitrogens with one attached hydrogen (secondary N) is 2. The van der Waals surface area contributed by atoms with E-state index < -0.39 is 10.0 Å². The number of aromatic hydroxyl groups is 1. The molecule has 1 aliphatic carbocycles. The zero-order valence-corrected chi connectivity index (χ0v) is 21.9. The van der Waals surface area contributed by atoms with Gasteiger partial charge in [-0.1, -0.05) is 12.1 Å². The maximum atomic E-state index is 13.0. The Bertz CT molecular complexity index is 1570. The highest BCUT2D eigenvalue weighted by Crippen LogP contribution is 2.33. The minimum absolute atomic E-state index is 0.0752. The van der Waals surface area contributed by atoms with Crippen LogP contribution in [0.4, 0.5) is 5.69 Å². The number of H-pyrrole nitrogens is 1. The number of hydrogen-bond donors (Lipinski definition) is 3. The number of nitrogens with zero attached hydrogens (tertiary/aromatic N) is 3. The van der Waals surface area contributed by atoms with Gasteiger partial charge in [-0.2, -0.15) is 0 Å². The normalized spacial score (nSPS) is 16.9. The van der Waals surface area contributed by atoms with Gasteiger partial charge in [0.15, 0.2) is 5.88 Å². The SMILES string of the molecule is O=S(=O)(NCC1CC1)c1ccc2[nH]c(O)c(C(=Nc3ccc(CN4CCCC4)cc3)c3cccnc3)c2c1. The van der Waals surface area contributed by atoms with Crippen LogP contribution in [-0.2, 0) is 16.6 Å². The number of aromatic nitrogens is 2. The lowest BCUT2D eigenvalue weighted by molar-refractivity contribution is 0.331. The van der Waals surface area contributed by atoms with Crippen molar-refractivity contribution in [1.82, 2.24) is 19.6 Å². The maximum absolute atomic E-state index is 13.0. The van der Waals surface area contributed by atoms with E-state index in [4.69, 9.17) is 4.99 Å². The predicted molar refractivity (Wildman–Crippen MR) is 148 cm³/mol. The van der Waals surface area contributed by atoms with E-state index in [2.05, 4.69) is 31.7 Å². The molecule has 2 aromatic carbocycles. The van der Waals surface area contributed by atoms with Gasteiger partial charge in [-0.15, -0.1) is 0 Å². The van der Waals surface area contributed by atoms with Crippen LogP contribution in [0.5, 0.6) is 5.88 Å². The van der Waals surface area contributed by atoms with Crippen LogP contribution in [0.2, 0.25) is 0 Å². The van der Waals surface area contributed by atoms with Crippen molar-refractivity contribution in [3.63, 3.8) is 0 Å². The quantitative estimate of drug-likeness (QED) is 0.272. The van der Waals surface area contributed by atoms with Crippen molar-refractivity contribution in [3.8, 4) is 5.88 Å². The molecule has 6 rings (SSSR count). The average Bonchev–Trinajstić information content (AvgIpc) is 3.52. The van der Waals surface area contributed by atoms with Gasteiger partial charge in [-0.05, 0) is 92.7 Å². The Labute approximate surface area is 222 Å². The van der Waals surface area contributed by atoms with Crippen LogP contribution in [0.15, 0.2) is 76.9 Å². The summed E-state index contributed by atoms with van der Waals surface area (Å²) in [7, 11) is -3.68. The molecule has 0 atom stereocenters. The number of fused-ring (bicyclic) bond motifs is 1. The number of aromatic amines is 1. The van der Waals surface area contributed by atoms with E-state index in [0.29, 0.717) is 40.2 Å². The summed E-state index contributed by atoms with van der Waals surface area (Å²) in [5.74, 6) is 0.347. The largest absolute Gasteiger partial charge is 0.494 e. The molecule has 8 nitrogen and oxygen atoms in total. The second-order valence-electron chi connectivity index (χ2n) is 10.2. The second-order valence-corrected chi connectivity index (χ2v) is 12.0. The number of rotatable bonds is 9. The Hall–Kier alpha value is -3.53. The highest BCUT2D eigenvalue weighted by atomic mass is 32.2. The molecule has 2 aromatic heterocycles. The topological polar surface area (TPSA) is 111 Å². The molecule has 1 saturated heterocycles. The van der Waals surface area contributed by atoms with Crippen LogP contribution < -0.4 is 4.72 Å². The van der Waals surface area contributed by atoms with Crippen molar-refractivity contribution >= 4 is 32.3 Å². The van der Waals surface area contributed by atoms with Crippen molar-refractivity contribution < 1.29 is 13.5 Å². The van der Waals surface area contributed by atoms with Crippen molar-refractivity contribution in [1.29, 1.82) is 0 Å². The predicted octanol–water partition coefficient (Wildman–Crippen LogP) is 4.72. The first-order valence-electron chi connectivity index (χ1n) is 13.1. The molecule has 4 aromatic rings. The smallest absolute Gasteiger partial charge is 0.240 e. The van der Waals surface area contributed by atoms with Gasteiger partial charge < -0.3 is 10.1 Å². The van der Waals surface area contributed by atoms with E-state index in [1.54, 1.807) is 30.6 Å². The fourth-order valence-electron chi connectivity index (χ4n) is 4.97. The Kier molecular flexibility index (Phi) is 6.73. The van der Waals surface area contributed by atoms with Crippen molar-refractivity contribution in [2.75, 3.05) is 19.6 Å². The summed E-state index contributed by atoms with van der Waals surface area (Å²) in [5.41, 5.74) is 4.25. The number of aliphatic imine (C=N–C) groups is 1. The molecular formula is C29H31N5O3S. The molecule has 2 aliphatic rings. The first kappa shape index (κ1) is 24.8. The fraction of sp³-hybridized carbons (Fsp3) is 0.310. The average molecular weight is 530 g/mol. The van der Waals surface area contributed by atoms with Gasteiger partial charge in [0, 0.05) is 41.9 Å². The molecule has 38 heavy (non-hydrogen) atoms. The third-order valence-corrected chi connectivity index (χ3v) is 8.69. The van der Waals surface area contributed by atoms with Gasteiger partial charge in [-0.3, -0.25) is 9.88 Å². The van der Waals surface area contributed by atoms with E-state index >= 15 is 0 Å². The Morgan fingerprint density at radius 2 is 1.89 bits per heavy atom. The first-order valence-corrected chi connectivity index (χ1v) is 14.6. The lowest BCUT2D eigenvalue weighted by atomic mass is 10.0. The van der Waals surface area contributed by atoms with Gasteiger partial charge in [0.1, 0.15) is 0 Å². The summed E-state index contributed by atoms with van der Waals surface area (Å²) in [6, 6.07) is 16.7. The third kappa shape index (κ3) is 5.36. The number of hydrogen-bond acceptors (Lipinski definition) is 6. The number of pyridine rings is 1. The van der Waals surface area contributed by atoms with Gasteiger partial charge in [0.2, 0.25) is 10.0 Å². The summed E-state index contributed by atoms with van der Waals surface area (Å²) >= 11 is 0. The summed E-state index contributed by atoms with van der Waals surface area (Å²) in [6.45, 7) is 3.65. The van der Waals surface area contributed by atoms with Crippen LogP contribution >= 0.6 is 0 Å². The Balaban J connectivity index is 1.40. The van der Waals surface area contributed by atoms with Gasteiger partial charge in [0.25, 0.3) is 0 Å². The summed E-state index contributed by atoms with van der Waals surface area (Å²) in [6.07, 6.45) is 7.99. The summed E-state index contributed by atoms with van der Waals surface area (Å²) in [4.78, 5) is 14.8. The van der Waals surface area contributed by atoms with Crippen LogP contribution in [0.25, 0.3) is 10.9 Å². The maximum Gasteiger partial charge on any atom is 0.240 e. The molecule has 0 radical (unpaired) electrons. The van der Waals surface area contributed by atoms with Crippen LogP contribution in [0.1, 0.15) is 42.4 Å². The van der Waals surface area contributed by atoms with E-state index in [-0.39, 0.29) is 10.8 Å². The minimum atomic E-state index is -3.68. The molecule has 0 unspecified atom stereocenters. The highest BCUT2D eigenvalue weighted by molar-refractivity contribution is 7.89. The fourth-order valence-corrected chi connectivity index (χ4v) is 6.11. The zero-order chi connectivity index (χ0) is 26.1. The Morgan fingerprint density at radius 1 is 1.11 bits per heavy atom. The van der Waals surface area contributed by atoms with Crippen molar-refractivity contribution in [2.45, 2.75) is 37.1 Å². The highest BCUT2D eigenvalue weighted by Gasteiger charge is 2.26. The van der Waals surface area contributed by atoms with Crippen LogP contribution in [-0.4, -0.2) is 53.7 Å². The molecule has 9 heteroatoms. The first-order chi connectivity index (χ1) is 18.5. The number of likely N-dealkylation sites (tertiary alicyclic amines) is 1. The molecule has 1 saturated carbocycles. The van der Waals surface area contributed by atoms with Crippen molar-refractivity contribution in [3.05, 3.63) is 83.7 Å². The summed E-state index contributed by atoms with van der Waals surface area (Å²) in [5, 5.41) is 11.6. The lowest BCUT2D eigenvalue weighted by Crippen LogP contribution is -2.25. The van der Waals surface area contributed by atoms with Gasteiger partial charge in [-0.25, -0.2) is 18.1 Å². The minimum Gasteiger partial charge on any atom is -0.494 e. The van der Waals surface area contributed by atoms with E-state index in [1.807, 2.05) is 24.3 Å². The third-order valence-electron chi connectivity index (χ3n) is 7.27. The van der Waals surface area contributed by atoms with Gasteiger partial charge in [0.05, 0.1) is 21.9 Å². The van der Waals surface area contributed by atoms with Crippen molar-refractivity contribution in [2.24, 2.45) is 10.9 Å². The molecule has 0 amide bonds. The standard InChI is InChI=1S/C29H31N5O3S/c35-29-27(25-16-24(11-12-26(25)33-29)38(36,37)31-17-20-5-6-20)28(22-4-3-13-30-18-22)32-23-9-7-21(8-10-23)19-34-14-1-2-15-34/h3-4,7-13,16,18,20,31,33,35H,1-2,5-6,14-15,17,19H2. The summed E-state index contributed by atoms with van der Waals surface area (Å²) < 4.78 is 28.7. The van der Waals surface area contributed by atoms with Crippen LogP contribution in [0, 0.1) is 5.92 Å². The second kappa shape index (κ2) is 10.3. The monoisotopic (exact) mass is 529 g/mol. The lowest BCUT2D eigenvalue weighted by Gasteiger charge is -2.14. The number of sulfonamides is 1. The number of benzene rings is 2. The molecule has 1 aliphatic heterocycles. The molecule has 3 N–H and O–H groups in total. The molecule has 0 bridgehead atoms. The molecule has 2 fully saturated rings. The van der Waals surface area contributed by atoms with E-state index in [0.717, 1.165) is 38.2 Å². The Morgan fingerprint density at radius 3 is 2.61 bits per heavy atom.